The van der Waals surface area contributed by atoms with Crippen LogP contribution in [-0.4, -0.2) is 112 Å². The number of aromatic carboxylic acids is 8. The van der Waals surface area contributed by atoms with Crippen LogP contribution in [0.1, 0.15) is 124 Å². The Labute approximate surface area is 521 Å². The highest BCUT2D eigenvalue weighted by atomic mass is 16.5. The molecule has 94 heavy (non-hydrogen) atoms. The van der Waals surface area contributed by atoms with Gasteiger partial charge in [-0.25, -0.2) is 48.2 Å². The van der Waals surface area contributed by atoms with Crippen molar-refractivity contribution in [3.8, 4) is 46.0 Å². The standard InChI is InChI=1S/C68H34N2O24/c71-57-41-23-45(91-37-9-1-5-27(19-37)61(75)76)51-52-46(92-38-10-2-6-28(20-38)62(77)78)24-43-50-44(60(74)70(59(43)73)36-17-33(67(87)88)14-34(18-36)68(89)90)26-48(94-40-12-4-8-30(22-40)64(81)82)54(56(50)52)53-47(93-39-11-3-7-29(21-39)63(79)80)25-42(49(41)55(51)53)58(72)69(57)35-15-31(65(83)84)13-32(16-35)66(85)86/h1-26H,(H,75,76)(H,77,78)(H,79,80)(H,81,82)(H,83,84)(H,85,86)(H,87,88)(H,89,90). The second-order valence-electron chi connectivity index (χ2n) is 21.1. The summed E-state index contributed by atoms with van der Waals surface area (Å²) in [5.74, 6) is -20.5. The van der Waals surface area contributed by atoms with Crippen LogP contribution in [0.4, 0.5) is 11.4 Å². The number of ether oxygens (including phenoxy) is 4. The number of nitrogens with zero attached hydrogens (tertiary/aromatic N) is 2. The minimum absolute atomic E-state index is 0.263. The average Bonchev–Trinajstić information content (AvgIpc) is 0.673. The van der Waals surface area contributed by atoms with E-state index in [1.165, 1.54) is 72.8 Å². The minimum Gasteiger partial charge on any atom is -0.478 e. The van der Waals surface area contributed by atoms with Gasteiger partial charge in [-0.2, -0.15) is 0 Å². The molecule has 0 aliphatic carbocycles. The van der Waals surface area contributed by atoms with Crippen LogP contribution in [0.5, 0.6) is 46.0 Å². The van der Waals surface area contributed by atoms with E-state index in [2.05, 4.69) is 0 Å². The van der Waals surface area contributed by atoms with Gasteiger partial charge in [-0.3, -0.25) is 19.2 Å². The first kappa shape index (κ1) is 59.0. The summed E-state index contributed by atoms with van der Waals surface area (Å²) in [5.41, 5.74) is -7.22. The molecule has 0 saturated carbocycles. The van der Waals surface area contributed by atoms with E-state index in [1.54, 1.807) is 0 Å². The van der Waals surface area contributed by atoms with Gasteiger partial charge >= 0.3 is 47.8 Å². The van der Waals surface area contributed by atoms with E-state index < -0.39 is 150 Å². The number of anilines is 2. The van der Waals surface area contributed by atoms with Crippen LogP contribution in [0.3, 0.4) is 0 Å². The van der Waals surface area contributed by atoms with Crippen molar-refractivity contribution in [3.63, 3.8) is 0 Å². The number of rotatable bonds is 18. The molecule has 0 spiro atoms. The van der Waals surface area contributed by atoms with E-state index in [4.69, 9.17) is 18.9 Å². The lowest BCUT2D eigenvalue weighted by Crippen LogP contribution is -2.41. The van der Waals surface area contributed by atoms with Gasteiger partial charge in [0.1, 0.15) is 46.0 Å². The predicted molar refractivity (Wildman–Crippen MR) is 325 cm³/mol. The van der Waals surface area contributed by atoms with Gasteiger partial charge in [-0.05, 0) is 133 Å². The van der Waals surface area contributed by atoms with Gasteiger partial charge in [0.2, 0.25) is 0 Å². The molecular weight excluding hydrogens is 1230 g/mol. The number of hydrogen-bond acceptors (Lipinski definition) is 16. The molecule has 26 heteroatoms. The zero-order valence-corrected chi connectivity index (χ0v) is 47.0. The summed E-state index contributed by atoms with van der Waals surface area (Å²) in [4.78, 5) is 164. The molecule has 0 atom stereocenters. The fourth-order valence-electron chi connectivity index (χ4n) is 11.6. The van der Waals surface area contributed by atoms with E-state index >= 15 is 19.2 Å². The molecule has 4 amide bonds. The van der Waals surface area contributed by atoms with Gasteiger partial charge in [0.25, 0.3) is 23.6 Å². The van der Waals surface area contributed by atoms with Crippen LogP contribution < -0.4 is 28.7 Å². The van der Waals surface area contributed by atoms with Crippen molar-refractivity contribution < 1.29 is 117 Å². The SMILES string of the molecule is O=C(O)c1cccc(Oc2cc3c4c(cc(Oc5cccc(C(=O)O)c5)c5c6c(Oc7cccc(C(=O)O)c7)cc7c8c(cc(Oc9cccc(C(=O)O)c9)c(c2c45)c86)C(=O)N(c2cc(C(=O)O)cc(C(=O)O)c2)C7=O)C(=O)N(c2cc(C(=O)O)cc(C(=O)O)c2)C3=O)c1. The van der Waals surface area contributed by atoms with E-state index in [9.17, 15) is 79.2 Å². The van der Waals surface area contributed by atoms with Gasteiger partial charge in [-0.1, -0.05) is 24.3 Å². The smallest absolute Gasteiger partial charge is 0.335 e. The summed E-state index contributed by atoms with van der Waals surface area (Å²) in [5, 5.41) is 79.5. The monoisotopic (exact) mass is 1260 g/mol. The summed E-state index contributed by atoms with van der Waals surface area (Å²) in [6.07, 6.45) is 0. The van der Waals surface area contributed by atoms with Crippen LogP contribution in [0.15, 0.2) is 158 Å². The number of imide groups is 2. The van der Waals surface area contributed by atoms with E-state index in [0.29, 0.717) is 9.80 Å². The van der Waals surface area contributed by atoms with E-state index in [0.717, 1.165) is 84.9 Å². The zero-order valence-electron chi connectivity index (χ0n) is 47.0. The van der Waals surface area contributed by atoms with Crippen molar-refractivity contribution in [2.45, 2.75) is 0 Å². The fraction of sp³-hybridized carbons (Fsp3) is 0. The number of benzene rings is 11. The number of amides is 4. The third-order valence-corrected chi connectivity index (χ3v) is 15.5. The molecule has 11 aromatic rings. The summed E-state index contributed by atoms with van der Waals surface area (Å²) in [7, 11) is 0. The third-order valence-electron chi connectivity index (χ3n) is 15.5. The molecule has 13 rings (SSSR count). The molecule has 0 fully saturated rings. The minimum atomic E-state index is -1.67. The van der Waals surface area contributed by atoms with Gasteiger partial charge in [0.05, 0.1) is 78.1 Å². The Bertz CT molecular complexity index is 4770. The average molecular weight is 1260 g/mol. The molecule has 2 aliphatic heterocycles. The summed E-state index contributed by atoms with van der Waals surface area (Å²) in [6, 6.07) is 28.8. The van der Waals surface area contributed by atoms with Crippen LogP contribution in [0, 0.1) is 0 Å². The molecule has 460 valence electrons. The molecule has 0 aromatic heterocycles. The van der Waals surface area contributed by atoms with Crippen molar-refractivity contribution in [2.24, 2.45) is 0 Å². The Balaban J connectivity index is 1.27. The topological polar surface area (TPSA) is 410 Å². The van der Waals surface area contributed by atoms with Crippen LogP contribution >= 0.6 is 0 Å². The maximum absolute atomic E-state index is 15.7. The molecule has 0 saturated heterocycles. The Morgan fingerprint density at radius 3 is 0.660 bits per heavy atom. The molecule has 0 unspecified atom stereocenters. The normalized spacial score (nSPS) is 12.6. The summed E-state index contributed by atoms with van der Waals surface area (Å²) < 4.78 is 26.9. The first-order chi connectivity index (χ1) is 44.8. The number of hydrogen-bond donors (Lipinski definition) is 8. The molecule has 0 bridgehead atoms. The summed E-state index contributed by atoms with van der Waals surface area (Å²) >= 11 is 0. The highest BCUT2D eigenvalue weighted by Gasteiger charge is 2.43. The van der Waals surface area contributed by atoms with Crippen LogP contribution in [0.25, 0.3) is 43.1 Å². The molecule has 26 nitrogen and oxygen atoms in total. The first-order valence-electron chi connectivity index (χ1n) is 27.3. The second-order valence-corrected chi connectivity index (χ2v) is 21.1. The molecular formula is C68H34N2O24. The van der Waals surface area contributed by atoms with E-state index in [1.807, 2.05) is 0 Å². The molecule has 11 aromatic carbocycles. The van der Waals surface area contributed by atoms with Crippen molar-refractivity contribution >= 4 is 126 Å². The van der Waals surface area contributed by atoms with Crippen LogP contribution in [-0.2, 0) is 0 Å². The second kappa shape index (κ2) is 21.9. The Morgan fingerprint density at radius 1 is 0.245 bits per heavy atom. The van der Waals surface area contributed by atoms with Crippen LogP contribution in [0.2, 0.25) is 0 Å². The lowest BCUT2D eigenvalue weighted by Gasteiger charge is -2.32. The number of carbonyl (C=O) groups excluding carboxylic acids is 4. The maximum Gasteiger partial charge on any atom is 0.335 e. The third kappa shape index (κ3) is 9.72. The largest absolute Gasteiger partial charge is 0.478 e. The lowest BCUT2D eigenvalue weighted by molar-refractivity contribution is 0.0676. The zero-order chi connectivity index (χ0) is 66.6. The lowest BCUT2D eigenvalue weighted by atomic mass is 9.80. The Kier molecular flexibility index (Phi) is 13.7. The Hall–Kier alpha value is -14.0. The molecule has 0 radical (unpaired) electrons. The summed E-state index contributed by atoms with van der Waals surface area (Å²) in [6.45, 7) is 0. The van der Waals surface area contributed by atoms with Gasteiger partial charge in [0, 0.05) is 43.1 Å². The van der Waals surface area contributed by atoms with Crippen molar-refractivity contribution in [1.82, 2.24) is 0 Å². The van der Waals surface area contributed by atoms with Crippen molar-refractivity contribution in [2.75, 3.05) is 9.80 Å². The molecule has 2 heterocycles. The molecule has 8 N–H and O–H groups in total. The van der Waals surface area contributed by atoms with Gasteiger partial charge in [-0.15, -0.1) is 0 Å². The first-order valence-corrected chi connectivity index (χ1v) is 27.3. The quantitative estimate of drug-likeness (QED) is 0.0225. The van der Waals surface area contributed by atoms with E-state index in [-0.39, 0.29) is 88.3 Å². The number of fused-ring (bicyclic) bond motifs is 2. The molecule has 2 aliphatic rings. The number of carbonyl (C=O) groups is 12. The highest BCUT2D eigenvalue weighted by molar-refractivity contribution is 6.48. The maximum atomic E-state index is 15.7. The number of carboxylic acids is 8. The predicted octanol–water partition coefficient (Wildman–Crippen LogP) is 12.1. The van der Waals surface area contributed by atoms with Gasteiger partial charge in [0.15, 0.2) is 0 Å². The van der Waals surface area contributed by atoms with Gasteiger partial charge < -0.3 is 59.8 Å². The fourth-order valence-corrected chi connectivity index (χ4v) is 11.6. The highest BCUT2D eigenvalue weighted by Crippen LogP contribution is 2.58. The Morgan fingerprint density at radius 2 is 0.457 bits per heavy atom. The van der Waals surface area contributed by atoms with Crippen molar-refractivity contribution in [3.05, 3.63) is 224 Å². The van der Waals surface area contributed by atoms with Crippen molar-refractivity contribution in [1.29, 1.82) is 0 Å². The number of carboxylic acid groups (broad SMARTS) is 8.